The topological polar surface area (TPSA) is 133 Å². The van der Waals surface area contributed by atoms with Gasteiger partial charge in [-0.3, -0.25) is 14.7 Å². The fraction of sp³-hybridized carbons (Fsp3) is 0.182. The Morgan fingerprint density at radius 2 is 1.70 bits per heavy atom. The number of aromatic nitrogens is 2. The lowest BCUT2D eigenvalue weighted by molar-refractivity contribution is 0.1000. The van der Waals surface area contributed by atoms with E-state index in [0.29, 0.717) is 32.8 Å². The molecular formula is C22H20Cl2N6O3. The van der Waals surface area contributed by atoms with E-state index in [2.05, 4.69) is 20.8 Å². The summed E-state index contributed by atoms with van der Waals surface area (Å²) in [5, 5.41) is 13.3. The molecule has 1 aromatic heterocycles. The zero-order valence-electron chi connectivity index (χ0n) is 17.7. The van der Waals surface area contributed by atoms with E-state index in [-0.39, 0.29) is 17.7 Å². The lowest BCUT2D eigenvalue weighted by atomic mass is 10.0. The van der Waals surface area contributed by atoms with Gasteiger partial charge in [-0.05, 0) is 44.2 Å². The molecule has 1 aliphatic heterocycles. The number of para-hydroxylation sites is 1. The van der Waals surface area contributed by atoms with Gasteiger partial charge in [0, 0.05) is 16.7 Å². The molecule has 0 bridgehead atoms. The molecule has 1 aliphatic rings. The molecule has 2 aromatic carbocycles. The number of anilines is 2. The van der Waals surface area contributed by atoms with Crippen molar-refractivity contribution in [3.63, 3.8) is 0 Å². The molecule has 5 N–H and O–H groups in total. The van der Waals surface area contributed by atoms with Crippen LogP contribution in [0.1, 0.15) is 45.8 Å². The summed E-state index contributed by atoms with van der Waals surface area (Å²) in [7, 11) is 0. The minimum atomic E-state index is -0.755. The largest absolute Gasteiger partial charge is 0.366 e. The summed E-state index contributed by atoms with van der Waals surface area (Å²) in [6.45, 7) is 3.89. The maximum atomic E-state index is 13.1. The van der Waals surface area contributed by atoms with E-state index in [1.165, 1.54) is 12.1 Å². The number of amides is 4. The molecule has 0 spiro atoms. The Balaban J connectivity index is 1.56. The van der Waals surface area contributed by atoms with Gasteiger partial charge in [0.2, 0.25) is 5.91 Å². The average Bonchev–Trinajstić information content (AvgIpc) is 3.29. The lowest BCUT2D eigenvalue weighted by Gasteiger charge is -2.32. The number of hydrogen-bond donors (Lipinski definition) is 4. The number of nitrogens with two attached hydrogens (primary N) is 1. The number of benzene rings is 2. The SMILES string of the molecule is CC1(C)c2[nH]nc(NC(=O)c3cccc(C(N)=O)c3)c2CN1C(=O)Nc1c(Cl)cccc1Cl. The fourth-order valence-corrected chi connectivity index (χ4v) is 4.22. The molecule has 33 heavy (non-hydrogen) atoms. The number of nitrogens with zero attached hydrogens (tertiary/aromatic N) is 2. The maximum absolute atomic E-state index is 13.1. The molecule has 0 saturated carbocycles. The third kappa shape index (κ3) is 4.12. The first-order valence-corrected chi connectivity index (χ1v) is 10.7. The molecule has 0 aliphatic carbocycles. The number of rotatable bonds is 4. The molecule has 0 saturated heterocycles. The molecule has 170 valence electrons. The highest BCUT2D eigenvalue weighted by Gasteiger charge is 2.44. The zero-order valence-corrected chi connectivity index (χ0v) is 19.2. The first kappa shape index (κ1) is 22.6. The Hall–Kier alpha value is -3.56. The van der Waals surface area contributed by atoms with Crippen molar-refractivity contribution >= 4 is 52.6 Å². The van der Waals surface area contributed by atoms with Gasteiger partial charge in [0.15, 0.2) is 5.82 Å². The number of nitrogens with one attached hydrogen (secondary N) is 3. The number of halogens is 2. The number of carbonyl (C=O) groups excluding carboxylic acids is 3. The zero-order chi connectivity index (χ0) is 23.9. The van der Waals surface area contributed by atoms with Gasteiger partial charge in [-0.25, -0.2) is 4.79 Å². The molecule has 0 unspecified atom stereocenters. The van der Waals surface area contributed by atoms with E-state index >= 15 is 0 Å². The van der Waals surface area contributed by atoms with Crippen LogP contribution in [0.4, 0.5) is 16.3 Å². The Labute approximate surface area is 199 Å². The first-order chi connectivity index (χ1) is 15.6. The Bertz CT molecular complexity index is 1270. The van der Waals surface area contributed by atoms with Crippen LogP contribution >= 0.6 is 23.2 Å². The smallest absolute Gasteiger partial charge is 0.323 e. The van der Waals surface area contributed by atoms with Crippen LogP contribution in [0.3, 0.4) is 0 Å². The van der Waals surface area contributed by atoms with E-state index in [9.17, 15) is 14.4 Å². The highest BCUT2D eigenvalue weighted by molar-refractivity contribution is 6.39. The van der Waals surface area contributed by atoms with Crippen molar-refractivity contribution in [3.05, 3.63) is 74.9 Å². The first-order valence-electron chi connectivity index (χ1n) is 9.91. The molecule has 0 radical (unpaired) electrons. The molecule has 11 heteroatoms. The van der Waals surface area contributed by atoms with Crippen molar-refractivity contribution in [2.24, 2.45) is 5.73 Å². The van der Waals surface area contributed by atoms with Crippen molar-refractivity contribution in [3.8, 4) is 0 Å². The Morgan fingerprint density at radius 3 is 2.36 bits per heavy atom. The van der Waals surface area contributed by atoms with Crippen molar-refractivity contribution in [1.29, 1.82) is 0 Å². The van der Waals surface area contributed by atoms with Crippen LogP contribution in [0.25, 0.3) is 0 Å². The minimum absolute atomic E-state index is 0.184. The Kier molecular flexibility index (Phi) is 5.77. The van der Waals surface area contributed by atoms with Gasteiger partial charge in [-0.2, -0.15) is 5.10 Å². The number of carbonyl (C=O) groups is 3. The summed E-state index contributed by atoms with van der Waals surface area (Å²) in [5.41, 5.74) is 6.68. The fourth-order valence-electron chi connectivity index (χ4n) is 3.73. The van der Waals surface area contributed by atoms with Crippen LogP contribution in [0, 0.1) is 0 Å². The van der Waals surface area contributed by atoms with E-state index in [1.807, 2.05) is 13.8 Å². The van der Waals surface area contributed by atoms with Gasteiger partial charge in [-0.1, -0.05) is 35.3 Å². The highest BCUT2D eigenvalue weighted by atomic mass is 35.5. The molecule has 4 rings (SSSR count). The van der Waals surface area contributed by atoms with E-state index in [4.69, 9.17) is 28.9 Å². The van der Waals surface area contributed by atoms with E-state index in [1.54, 1.807) is 35.2 Å². The molecule has 0 fully saturated rings. The normalized spacial score (nSPS) is 14.0. The third-order valence-corrected chi connectivity index (χ3v) is 6.18. The third-order valence-electron chi connectivity index (χ3n) is 5.55. The quantitative estimate of drug-likeness (QED) is 0.435. The summed E-state index contributed by atoms with van der Waals surface area (Å²) >= 11 is 12.4. The van der Waals surface area contributed by atoms with Gasteiger partial charge < -0.3 is 21.3 Å². The number of H-pyrrole nitrogens is 1. The van der Waals surface area contributed by atoms with Crippen LogP contribution in [0.15, 0.2) is 42.5 Å². The van der Waals surface area contributed by atoms with Crippen molar-refractivity contribution in [2.75, 3.05) is 10.6 Å². The monoisotopic (exact) mass is 486 g/mol. The summed E-state index contributed by atoms with van der Waals surface area (Å²) in [5.74, 6) is -0.804. The number of urea groups is 1. The van der Waals surface area contributed by atoms with Gasteiger partial charge in [0.1, 0.15) is 0 Å². The predicted octanol–water partition coefficient (Wildman–Crippen LogP) is 4.35. The van der Waals surface area contributed by atoms with Gasteiger partial charge in [0.05, 0.1) is 33.5 Å². The maximum Gasteiger partial charge on any atom is 0.323 e. The summed E-state index contributed by atoms with van der Waals surface area (Å²) in [4.78, 5) is 38.8. The van der Waals surface area contributed by atoms with Crippen molar-refractivity contribution in [1.82, 2.24) is 15.1 Å². The van der Waals surface area contributed by atoms with E-state index in [0.717, 1.165) is 0 Å². The van der Waals surface area contributed by atoms with Crippen LogP contribution in [0.2, 0.25) is 10.0 Å². The average molecular weight is 487 g/mol. The van der Waals surface area contributed by atoms with Gasteiger partial charge in [-0.15, -0.1) is 0 Å². The molecule has 0 atom stereocenters. The standard InChI is InChI=1S/C22H20Cl2N6O3/c1-22(2)17-13(10-30(22)21(33)26-16-14(23)7-4-8-15(16)24)19(29-28-17)27-20(32)12-6-3-5-11(9-12)18(25)31/h3-9H,10H2,1-2H3,(H2,25,31)(H,26,33)(H2,27,28,29,32). The van der Waals surface area contributed by atoms with Crippen molar-refractivity contribution < 1.29 is 14.4 Å². The number of primary amides is 1. The molecular weight excluding hydrogens is 467 g/mol. The van der Waals surface area contributed by atoms with Crippen LogP contribution in [-0.4, -0.2) is 32.9 Å². The van der Waals surface area contributed by atoms with Crippen LogP contribution in [0.5, 0.6) is 0 Å². The summed E-state index contributed by atoms with van der Waals surface area (Å²) in [6.07, 6.45) is 0. The molecule has 9 nitrogen and oxygen atoms in total. The van der Waals surface area contributed by atoms with E-state index < -0.39 is 23.4 Å². The highest BCUT2D eigenvalue weighted by Crippen LogP contribution is 2.41. The lowest BCUT2D eigenvalue weighted by Crippen LogP contribution is -2.43. The molecule has 3 aromatic rings. The van der Waals surface area contributed by atoms with Crippen LogP contribution < -0.4 is 16.4 Å². The second-order valence-electron chi connectivity index (χ2n) is 8.00. The predicted molar refractivity (Wildman–Crippen MR) is 126 cm³/mol. The van der Waals surface area contributed by atoms with Crippen LogP contribution in [-0.2, 0) is 12.1 Å². The number of fused-ring (bicyclic) bond motifs is 1. The summed E-state index contributed by atoms with van der Waals surface area (Å²) in [6, 6.07) is 10.6. The summed E-state index contributed by atoms with van der Waals surface area (Å²) < 4.78 is 0. The Morgan fingerprint density at radius 1 is 1.06 bits per heavy atom. The molecule has 2 heterocycles. The second-order valence-corrected chi connectivity index (χ2v) is 8.81. The minimum Gasteiger partial charge on any atom is -0.366 e. The number of hydrogen-bond acceptors (Lipinski definition) is 4. The van der Waals surface area contributed by atoms with Gasteiger partial charge >= 0.3 is 6.03 Å². The van der Waals surface area contributed by atoms with Crippen molar-refractivity contribution in [2.45, 2.75) is 25.9 Å². The number of aromatic amines is 1. The van der Waals surface area contributed by atoms with Gasteiger partial charge in [0.25, 0.3) is 5.91 Å². The second kappa shape index (κ2) is 8.42. The molecule has 4 amide bonds.